The van der Waals surface area contributed by atoms with Crippen molar-refractivity contribution in [2.75, 3.05) is 23.4 Å². The summed E-state index contributed by atoms with van der Waals surface area (Å²) in [6.07, 6.45) is 0. The highest BCUT2D eigenvalue weighted by Gasteiger charge is 2.11. The van der Waals surface area contributed by atoms with Crippen LogP contribution in [-0.2, 0) is 4.79 Å². The number of aryl methyl sites for hydroxylation is 1. The van der Waals surface area contributed by atoms with Gasteiger partial charge in [0.25, 0.3) is 0 Å². The first kappa shape index (κ1) is 19.1. The smallest absolute Gasteiger partial charge is 0.387 e. The van der Waals surface area contributed by atoms with Gasteiger partial charge in [-0.15, -0.1) is 11.8 Å². The highest BCUT2D eigenvalue weighted by atomic mass is 32.2. The topological polar surface area (TPSA) is 47.6 Å². The SMILES string of the molecule is Cc1ccc(OCCSCC(=O)Nc2ccccc2OC(F)F)cc1. The second kappa shape index (κ2) is 9.88. The molecule has 25 heavy (non-hydrogen) atoms. The fourth-order valence-electron chi connectivity index (χ4n) is 1.97. The normalized spacial score (nSPS) is 10.6. The maximum atomic E-state index is 12.3. The van der Waals surface area contributed by atoms with Crippen molar-refractivity contribution in [1.82, 2.24) is 0 Å². The van der Waals surface area contributed by atoms with Crippen LogP contribution in [0.25, 0.3) is 0 Å². The van der Waals surface area contributed by atoms with E-state index >= 15 is 0 Å². The van der Waals surface area contributed by atoms with Crippen molar-refractivity contribution in [3.63, 3.8) is 0 Å². The van der Waals surface area contributed by atoms with Crippen molar-refractivity contribution in [3.8, 4) is 11.5 Å². The minimum absolute atomic E-state index is 0.0569. The number of halogens is 2. The third-order valence-electron chi connectivity index (χ3n) is 3.13. The number of anilines is 1. The molecule has 4 nitrogen and oxygen atoms in total. The first-order valence-corrected chi connectivity index (χ1v) is 8.81. The predicted octanol–water partition coefficient (Wildman–Crippen LogP) is 4.35. The average Bonchev–Trinajstić information content (AvgIpc) is 2.57. The molecule has 7 heteroatoms. The molecule has 0 bridgehead atoms. The minimum atomic E-state index is -2.94. The lowest BCUT2D eigenvalue weighted by Gasteiger charge is -2.11. The lowest BCUT2D eigenvalue weighted by Crippen LogP contribution is -2.16. The van der Waals surface area contributed by atoms with Crippen LogP contribution in [0.15, 0.2) is 48.5 Å². The number of hydrogen-bond donors (Lipinski definition) is 1. The molecule has 0 saturated heterocycles. The zero-order valence-electron chi connectivity index (χ0n) is 13.7. The van der Waals surface area contributed by atoms with E-state index in [0.29, 0.717) is 12.4 Å². The quantitative estimate of drug-likeness (QED) is 0.670. The van der Waals surface area contributed by atoms with Crippen LogP contribution in [0.5, 0.6) is 11.5 Å². The average molecular weight is 367 g/mol. The van der Waals surface area contributed by atoms with E-state index in [2.05, 4.69) is 10.1 Å². The van der Waals surface area contributed by atoms with Crippen molar-refractivity contribution in [1.29, 1.82) is 0 Å². The Hall–Kier alpha value is -2.28. The molecule has 0 saturated carbocycles. The highest BCUT2D eigenvalue weighted by Crippen LogP contribution is 2.25. The molecule has 2 aromatic carbocycles. The van der Waals surface area contributed by atoms with Crippen molar-refractivity contribution < 1.29 is 23.0 Å². The van der Waals surface area contributed by atoms with Gasteiger partial charge in [-0.1, -0.05) is 29.8 Å². The fourth-order valence-corrected chi connectivity index (χ4v) is 2.58. The second-order valence-electron chi connectivity index (χ2n) is 5.14. The number of hydrogen-bond acceptors (Lipinski definition) is 4. The van der Waals surface area contributed by atoms with Crippen LogP contribution in [0.3, 0.4) is 0 Å². The molecule has 1 N–H and O–H groups in total. The van der Waals surface area contributed by atoms with Gasteiger partial charge in [-0.05, 0) is 31.2 Å². The van der Waals surface area contributed by atoms with Gasteiger partial charge in [0.1, 0.15) is 11.5 Å². The van der Waals surface area contributed by atoms with Gasteiger partial charge in [0, 0.05) is 5.75 Å². The summed E-state index contributed by atoms with van der Waals surface area (Å²) >= 11 is 1.40. The first-order chi connectivity index (χ1) is 12.0. The van der Waals surface area contributed by atoms with E-state index < -0.39 is 6.61 Å². The number of thioether (sulfide) groups is 1. The summed E-state index contributed by atoms with van der Waals surface area (Å²) < 4.78 is 34.6. The predicted molar refractivity (Wildman–Crippen MR) is 95.7 cm³/mol. The molecule has 0 atom stereocenters. The summed E-state index contributed by atoms with van der Waals surface area (Å²) in [6.45, 7) is -0.458. The lowest BCUT2D eigenvalue weighted by atomic mass is 10.2. The number of para-hydroxylation sites is 2. The van der Waals surface area contributed by atoms with Crippen LogP contribution < -0.4 is 14.8 Å². The third-order valence-corrected chi connectivity index (χ3v) is 4.05. The van der Waals surface area contributed by atoms with Crippen molar-refractivity contribution in [2.45, 2.75) is 13.5 Å². The van der Waals surface area contributed by atoms with E-state index in [9.17, 15) is 13.6 Å². The number of benzene rings is 2. The molecule has 134 valence electrons. The van der Waals surface area contributed by atoms with E-state index in [1.54, 1.807) is 12.1 Å². The number of ether oxygens (including phenoxy) is 2. The minimum Gasteiger partial charge on any atom is -0.493 e. The van der Waals surface area contributed by atoms with E-state index in [1.807, 2.05) is 31.2 Å². The number of rotatable bonds is 9. The molecule has 0 spiro atoms. The molecule has 0 aromatic heterocycles. The van der Waals surface area contributed by atoms with Crippen molar-refractivity contribution in [3.05, 3.63) is 54.1 Å². The number of carbonyl (C=O) groups excluding carboxylic acids is 1. The van der Waals surface area contributed by atoms with E-state index in [0.717, 1.165) is 11.3 Å². The van der Waals surface area contributed by atoms with Gasteiger partial charge >= 0.3 is 6.61 Å². The van der Waals surface area contributed by atoms with E-state index in [1.165, 1.54) is 23.9 Å². The van der Waals surface area contributed by atoms with Crippen LogP contribution in [0, 0.1) is 6.92 Å². The van der Waals surface area contributed by atoms with E-state index in [-0.39, 0.29) is 23.1 Å². The van der Waals surface area contributed by atoms with Crippen LogP contribution in [0.2, 0.25) is 0 Å². The Morgan fingerprint density at radius 3 is 2.60 bits per heavy atom. The fraction of sp³-hybridized carbons (Fsp3) is 0.278. The Kier molecular flexibility index (Phi) is 7.53. The summed E-state index contributed by atoms with van der Waals surface area (Å²) in [7, 11) is 0. The van der Waals surface area contributed by atoms with Crippen LogP contribution in [-0.4, -0.2) is 30.6 Å². The van der Waals surface area contributed by atoms with Crippen molar-refractivity contribution in [2.24, 2.45) is 0 Å². The Bertz CT molecular complexity index is 680. The number of amides is 1. The Balaban J connectivity index is 1.70. The molecule has 0 aliphatic heterocycles. The largest absolute Gasteiger partial charge is 0.493 e. The number of carbonyl (C=O) groups is 1. The summed E-state index contributed by atoms with van der Waals surface area (Å²) in [5.74, 6) is 1.27. The molecular weight excluding hydrogens is 348 g/mol. The third kappa shape index (κ3) is 7.01. The molecule has 0 unspecified atom stereocenters. The van der Waals surface area contributed by atoms with Gasteiger partial charge in [0.15, 0.2) is 0 Å². The van der Waals surface area contributed by atoms with Gasteiger partial charge in [0.2, 0.25) is 5.91 Å². The highest BCUT2D eigenvalue weighted by molar-refractivity contribution is 7.99. The van der Waals surface area contributed by atoms with Gasteiger partial charge in [0.05, 0.1) is 18.0 Å². The van der Waals surface area contributed by atoms with Crippen LogP contribution in [0.4, 0.5) is 14.5 Å². The summed E-state index contributed by atoms with van der Waals surface area (Å²) in [6, 6.07) is 13.8. The lowest BCUT2D eigenvalue weighted by molar-refractivity contribution is -0.113. The zero-order chi connectivity index (χ0) is 18.1. The Morgan fingerprint density at radius 1 is 1.16 bits per heavy atom. The van der Waals surface area contributed by atoms with Gasteiger partial charge in [-0.3, -0.25) is 4.79 Å². The first-order valence-electron chi connectivity index (χ1n) is 7.65. The molecule has 2 aromatic rings. The molecule has 0 fully saturated rings. The summed E-state index contributed by atoms with van der Waals surface area (Å²) in [5, 5.41) is 2.57. The molecule has 0 heterocycles. The molecule has 2 rings (SSSR count). The molecular formula is C18H19F2NO3S. The zero-order valence-corrected chi connectivity index (χ0v) is 14.5. The van der Waals surface area contributed by atoms with Crippen molar-refractivity contribution >= 4 is 23.4 Å². The monoisotopic (exact) mass is 367 g/mol. The molecule has 0 aliphatic carbocycles. The van der Waals surface area contributed by atoms with Crippen LogP contribution >= 0.6 is 11.8 Å². The van der Waals surface area contributed by atoms with E-state index in [4.69, 9.17) is 4.74 Å². The van der Waals surface area contributed by atoms with Crippen LogP contribution in [0.1, 0.15) is 5.56 Å². The maximum Gasteiger partial charge on any atom is 0.387 e. The molecule has 0 radical (unpaired) electrons. The standard InChI is InChI=1S/C18H19F2NO3S/c1-13-6-8-14(9-7-13)23-10-11-25-12-17(22)21-15-4-2-3-5-16(15)24-18(19)20/h2-9,18H,10-12H2,1H3,(H,21,22). The van der Waals surface area contributed by atoms with Gasteiger partial charge in [-0.2, -0.15) is 8.78 Å². The van der Waals surface area contributed by atoms with Gasteiger partial charge < -0.3 is 14.8 Å². The number of alkyl halides is 2. The number of nitrogens with one attached hydrogen (secondary N) is 1. The maximum absolute atomic E-state index is 12.3. The Morgan fingerprint density at radius 2 is 1.88 bits per heavy atom. The second-order valence-corrected chi connectivity index (χ2v) is 6.24. The molecule has 0 aliphatic rings. The summed E-state index contributed by atoms with van der Waals surface area (Å²) in [5.41, 5.74) is 1.39. The van der Waals surface area contributed by atoms with Gasteiger partial charge in [-0.25, -0.2) is 0 Å². The Labute approximate surface area is 149 Å². The summed E-state index contributed by atoms with van der Waals surface area (Å²) in [4.78, 5) is 11.9. The molecule has 1 amide bonds.